The Morgan fingerprint density at radius 3 is 2.25 bits per heavy atom. The minimum absolute atomic E-state index is 0.394. The summed E-state index contributed by atoms with van der Waals surface area (Å²) in [6.07, 6.45) is 9.34. The van der Waals surface area contributed by atoms with Gasteiger partial charge in [-0.2, -0.15) is 0 Å². The highest BCUT2D eigenvalue weighted by molar-refractivity contribution is 5.96. The first kappa shape index (κ1) is 23.5. The van der Waals surface area contributed by atoms with Gasteiger partial charge < -0.3 is 16.0 Å². The van der Waals surface area contributed by atoms with Crippen molar-refractivity contribution in [3.8, 4) is 0 Å². The number of carbonyl (C=O) groups excluding carboxylic acids is 1. The minimum Gasteiger partial charge on any atom is -0.366 e. The number of hydrogen-bond donors (Lipinski definition) is 2. The highest BCUT2D eigenvalue weighted by Crippen LogP contribution is 2.16. The van der Waals surface area contributed by atoms with Gasteiger partial charge in [-0.25, -0.2) is 4.99 Å². The smallest absolute Gasteiger partial charge is 0.248 e. The molecule has 5 heteroatoms. The molecule has 2 rings (SSSR count). The van der Waals surface area contributed by atoms with E-state index in [2.05, 4.69) is 35.6 Å². The molecule has 1 heterocycles. The van der Waals surface area contributed by atoms with Crippen LogP contribution in [0.5, 0.6) is 0 Å². The van der Waals surface area contributed by atoms with E-state index >= 15 is 0 Å². The van der Waals surface area contributed by atoms with Gasteiger partial charge in [0.25, 0.3) is 0 Å². The summed E-state index contributed by atoms with van der Waals surface area (Å²) in [5.74, 6) is 0.738. The molecule has 154 valence electrons. The third-order valence-corrected chi connectivity index (χ3v) is 4.56. The molecule has 1 fully saturated rings. The summed E-state index contributed by atoms with van der Waals surface area (Å²) in [5.41, 5.74) is 6.69. The molecule has 0 saturated carbocycles. The van der Waals surface area contributed by atoms with Gasteiger partial charge in [0.05, 0.1) is 5.57 Å². The van der Waals surface area contributed by atoms with Crippen molar-refractivity contribution in [2.45, 2.75) is 59.3 Å². The van der Waals surface area contributed by atoms with Gasteiger partial charge in [0.15, 0.2) is 0 Å². The van der Waals surface area contributed by atoms with Crippen LogP contribution in [-0.4, -0.2) is 29.7 Å². The van der Waals surface area contributed by atoms with Gasteiger partial charge >= 0.3 is 0 Å². The van der Waals surface area contributed by atoms with Crippen LogP contribution in [0.3, 0.4) is 0 Å². The van der Waals surface area contributed by atoms with E-state index in [-0.39, 0.29) is 0 Å². The van der Waals surface area contributed by atoms with Crippen LogP contribution in [-0.2, 0) is 4.79 Å². The Bertz CT molecular complexity index is 656. The van der Waals surface area contributed by atoms with Crippen LogP contribution in [0.15, 0.2) is 59.4 Å². The number of para-hydroxylation sites is 1. The number of carbonyl (C=O) groups is 1. The maximum absolute atomic E-state index is 11.6. The lowest BCUT2D eigenvalue weighted by Gasteiger charge is -2.28. The molecule has 1 aliphatic rings. The predicted octanol–water partition coefficient (Wildman–Crippen LogP) is 5.08. The van der Waals surface area contributed by atoms with Gasteiger partial charge in [0, 0.05) is 18.8 Å². The highest BCUT2D eigenvalue weighted by Gasteiger charge is 2.15. The highest BCUT2D eigenvalue weighted by atomic mass is 16.1. The summed E-state index contributed by atoms with van der Waals surface area (Å²) in [4.78, 5) is 18.4. The van der Waals surface area contributed by atoms with Crippen LogP contribution >= 0.6 is 0 Å². The number of nitrogens with two attached hydrogens (primary N) is 1. The topological polar surface area (TPSA) is 70.7 Å². The van der Waals surface area contributed by atoms with Gasteiger partial charge in [-0.15, -0.1) is 0 Å². The fourth-order valence-electron chi connectivity index (χ4n) is 2.82. The van der Waals surface area contributed by atoms with Crippen molar-refractivity contribution in [2.75, 3.05) is 18.4 Å². The van der Waals surface area contributed by atoms with E-state index in [0.29, 0.717) is 11.4 Å². The molecule has 0 aromatic heterocycles. The Morgan fingerprint density at radius 1 is 1.18 bits per heavy atom. The average molecular weight is 385 g/mol. The molecule has 0 radical (unpaired) electrons. The number of amidine groups is 1. The van der Waals surface area contributed by atoms with Gasteiger partial charge in [0.1, 0.15) is 11.7 Å². The predicted molar refractivity (Wildman–Crippen MR) is 120 cm³/mol. The van der Waals surface area contributed by atoms with E-state index in [4.69, 9.17) is 5.73 Å². The van der Waals surface area contributed by atoms with Crippen molar-refractivity contribution >= 4 is 17.4 Å². The Kier molecular flexibility index (Phi) is 11.4. The maximum Gasteiger partial charge on any atom is 0.248 e. The van der Waals surface area contributed by atoms with Crippen molar-refractivity contribution in [1.82, 2.24) is 4.90 Å². The molecule has 0 aliphatic carbocycles. The van der Waals surface area contributed by atoms with Crippen molar-refractivity contribution < 1.29 is 4.79 Å². The molecule has 1 aromatic rings. The molecular weight excluding hydrogens is 348 g/mol. The Labute approximate surface area is 170 Å². The molecule has 1 amide bonds. The molecule has 5 nitrogen and oxygen atoms in total. The number of benzene rings is 1. The van der Waals surface area contributed by atoms with Crippen molar-refractivity contribution in [2.24, 2.45) is 10.7 Å². The Morgan fingerprint density at radius 2 is 1.79 bits per heavy atom. The lowest BCUT2D eigenvalue weighted by Crippen LogP contribution is -2.35. The zero-order valence-corrected chi connectivity index (χ0v) is 17.7. The number of anilines is 1. The first-order chi connectivity index (χ1) is 13.5. The van der Waals surface area contributed by atoms with Gasteiger partial charge in [0.2, 0.25) is 5.91 Å². The molecule has 0 atom stereocenters. The molecule has 0 spiro atoms. The summed E-state index contributed by atoms with van der Waals surface area (Å²) >= 11 is 0. The third-order valence-electron chi connectivity index (χ3n) is 4.56. The number of hydrogen-bond acceptors (Lipinski definition) is 3. The lowest BCUT2D eigenvalue weighted by atomic mass is 10.1. The number of nitrogens with zero attached hydrogens (tertiary/aromatic N) is 2. The van der Waals surface area contributed by atoms with Crippen LogP contribution < -0.4 is 11.1 Å². The Hall–Kier alpha value is -2.56. The SMILES string of the molecule is C=C/C(=N\C(Nc1ccccc1)=C(/C)C(N)=O)N1CCCCC1.CCCCC. The third kappa shape index (κ3) is 8.42. The number of primary amides is 1. The van der Waals surface area contributed by atoms with Crippen LogP contribution in [0.2, 0.25) is 0 Å². The van der Waals surface area contributed by atoms with E-state index in [1.165, 1.54) is 25.7 Å². The molecule has 1 aromatic carbocycles. The molecular formula is C23H36N4O. The molecule has 0 unspecified atom stereocenters. The van der Waals surface area contributed by atoms with Gasteiger partial charge in [-0.05, 0) is 44.4 Å². The number of aliphatic imine (C=N–C) groups is 1. The fraction of sp³-hybridized carbons (Fsp3) is 0.478. The summed E-state index contributed by atoms with van der Waals surface area (Å²) in [6.45, 7) is 11.9. The largest absolute Gasteiger partial charge is 0.366 e. The number of likely N-dealkylation sites (tertiary alicyclic amines) is 1. The van der Waals surface area contributed by atoms with Gasteiger partial charge in [-0.1, -0.05) is 57.9 Å². The van der Waals surface area contributed by atoms with Crippen molar-refractivity contribution in [3.63, 3.8) is 0 Å². The second-order valence-electron chi connectivity index (χ2n) is 6.90. The standard InChI is InChI=1S/C18H24N4O.C5H12/c1-3-16(22-12-8-5-9-13-22)21-18(14(2)17(19)23)20-15-10-6-4-7-11-15;1-3-5-4-2/h3-4,6-7,10-11,20H,1,5,8-9,12-13H2,2H3,(H2,19,23);3-5H2,1-2H3/b18-14+,21-16+;. The number of rotatable bonds is 7. The normalized spacial score (nSPS) is 15.1. The monoisotopic (exact) mass is 384 g/mol. The molecule has 3 N–H and O–H groups in total. The number of nitrogens with one attached hydrogen (secondary N) is 1. The van der Waals surface area contributed by atoms with Crippen LogP contribution in [0, 0.1) is 0 Å². The number of amides is 1. The first-order valence-electron chi connectivity index (χ1n) is 10.3. The summed E-state index contributed by atoms with van der Waals surface area (Å²) in [5, 5.41) is 3.18. The molecule has 1 saturated heterocycles. The van der Waals surface area contributed by atoms with E-state index in [9.17, 15) is 4.79 Å². The van der Waals surface area contributed by atoms with Crippen LogP contribution in [0.25, 0.3) is 0 Å². The first-order valence-corrected chi connectivity index (χ1v) is 10.3. The average Bonchev–Trinajstić information content (AvgIpc) is 2.73. The quantitative estimate of drug-likeness (QED) is 0.391. The maximum atomic E-state index is 11.6. The zero-order chi connectivity index (χ0) is 20.8. The zero-order valence-electron chi connectivity index (χ0n) is 17.7. The van der Waals surface area contributed by atoms with Crippen LogP contribution in [0.4, 0.5) is 5.69 Å². The van der Waals surface area contributed by atoms with Crippen molar-refractivity contribution in [3.05, 3.63) is 54.4 Å². The van der Waals surface area contributed by atoms with E-state index in [1.807, 2.05) is 30.3 Å². The number of unbranched alkanes of at least 4 members (excludes halogenated alkanes) is 2. The van der Waals surface area contributed by atoms with Gasteiger partial charge in [-0.3, -0.25) is 4.79 Å². The number of piperidine rings is 1. The Balaban J connectivity index is 0.000000696. The summed E-state index contributed by atoms with van der Waals surface area (Å²) in [7, 11) is 0. The molecule has 1 aliphatic heterocycles. The minimum atomic E-state index is -0.491. The second-order valence-corrected chi connectivity index (χ2v) is 6.90. The van der Waals surface area contributed by atoms with Crippen LogP contribution in [0.1, 0.15) is 59.3 Å². The van der Waals surface area contributed by atoms with E-state index in [1.54, 1.807) is 13.0 Å². The van der Waals surface area contributed by atoms with E-state index < -0.39 is 5.91 Å². The second kappa shape index (κ2) is 13.6. The molecule has 0 bridgehead atoms. The molecule has 28 heavy (non-hydrogen) atoms. The van der Waals surface area contributed by atoms with E-state index in [0.717, 1.165) is 37.5 Å². The van der Waals surface area contributed by atoms with Crippen molar-refractivity contribution in [1.29, 1.82) is 0 Å². The summed E-state index contributed by atoms with van der Waals surface area (Å²) in [6, 6.07) is 9.60. The lowest BCUT2D eigenvalue weighted by molar-refractivity contribution is -0.114. The fourth-order valence-corrected chi connectivity index (χ4v) is 2.82. The summed E-state index contributed by atoms with van der Waals surface area (Å²) < 4.78 is 0.